The lowest BCUT2D eigenvalue weighted by Gasteiger charge is -2.33. The van der Waals surface area contributed by atoms with Crippen LogP contribution < -0.4 is 0 Å². The molecule has 6 heteroatoms. The molecule has 0 aliphatic rings. The number of allylic oxidation sites excluding steroid dienone is 1. The van der Waals surface area contributed by atoms with Crippen LogP contribution in [0.5, 0.6) is 0 Å². The topological polar surface area (TPSA) is 89.9 Å². The molecule has 30 heavy (non-hydrogen) atoms. The lowest BCUT2D eigenvalue weighted by Crippen LogP contribution is -2.35. The van der Waals surface area contributed by atoms with Crippen LogP contribution in [0.2, 0.25) is 0 Å². The highest BCUT2D eigenvalue weighted by Crippen LogP contribution is 2.40. The predicted molar refractivity (Wildman–Crippen MR) is 108 cm³/mol. The van der Waals surface area contributed by atoms with Crippen LogP contribution in [0.1, 0.15) is 23.0 Å². The number of carbonyl (C=O) groups is 1. The van der Waals surface area contributed by atoms with Gasteiger partial charge in [0, 0.05) is 36.7 Å². The van der Waals surface area contributed by atoms with E-state index in [1.165, 1.54) is 0 Å². The zero-order valence-corrected chi connectivity index (χ0v) is 16.3. The van der Waals surface area contributed by atoms with E-state index in [0.717, 1.165) is 0 Å². The molecule has 0 saturated heterocycles. The Bertz CT molecular complexity index is 962. The predicted octanol–water partition coefficient (Wildman–Crippen LogP) is 5.33. The number of rotatable bonds is 10. The van der Waals surface area contributed by atoms with Gasteiger partial charge in [-0.15, -0.1) is 0 Å². The standard InChI is InChI=1S/C24H22O6/c25-23(26)22(10-9-18-5-1-11-27-18)24(15-19-6-2-12-28-19,16-20-7-3-13-29-20)17-21-8-4-14-30-21/h1-8,10-14H,9,15-17H2,(H,25,26). The van der Waals surface area contributed by atoms with E-state index in [-0.39, 0.29) is 5.57 Å². The summed E-state index contributed by atoms with van der Waals surface area (Å²) >= 11 is 0. The van der Waals surface area contributed by atoms with Crippen molar-refractivity contribution in [3.63, 3.8) is 0 Å². The Morgan fingerprint density at radius 2 is 1.13 bits per heavy atom. The summed E-state index contributed by atoms with van der Waals surface area (Å²) in [5, 5.41) is 10.2. The second kappa shape index (κ2) is 8.78. The minimum absolute atomic E-state index is 0.267. The molecule has 4 heterocycles. The molecule has 0 amide bonds. The Balaban J connectivity index is 1.80. The van der Waals surface area contributed by atoms with Gasteiger partial charge in [-0.1, -0.05) is 6.08 Å². The molecule has 4 aromatic rings. The molecule has 4 rings (SSSR count). The van der Waals surface area contributed by atoms with Crippen molar-refractivity contribution in [2.75, 3.05) is 0 Å². The van der Waals surface area contributed by atoms with E-state index < -0.39 is 11.4 Å². The Morgan fingerprint density at radius 3 is 1.47 bits per heavy atom. The third-order valence-electron chi connectivity index (χ3n) is 5.17. The van der Waals surface area contributed by atoms with E-state index >= 15 is 0 Å². The number of hydrogen-bond donors (Lipinski definition) is 1. The summed E-state index contributed by atoms with van der Waals surface area (Å²) in [5.74, 6) is 1.78. The maximum Gasteiger partial charge on any atom is 0.331 e. The quantitative estimate of drug-likeness (QED) is 0.358. The number of furan rings is 4. The van der Waals surface area contributed by atoms with Gasteiger partial charge in [-0.05, 0) is 48.5 Å². The summed E-state index contributed by atoms with van der Waals surface area (Å²) in [5.41, 5.74) is -0.588. The first kappa shape index (κ1) is 19.6. The molecular formula is C24H22O6. The van der Waals surface area contributed by atoms with Gasteiger partial charge in [0.2, 0.25) is 0 Å². The largest absolute Gasteiger partial charge is 0.478 e. The molecule has 0 radical (unpaired) electrons. The van der Waals surface area contributed by atoms with Crippen LogP contribution in [0.3, 0.4) is 0 Å². The summed E-state index contributed by atoms with van der Waals surface area (Å²) < 4.78 is 22.2. The highest BCUT2D eigenvalue weighted by Gasteiger charge is 2.41. The number of carboxylic acids is 1. The average Bonchev–Trinajstić information content (AvgIpc) is 3.51. The molecule has 6 nitrogen and oxygen atoms in total. The van der Waals surface area contributed by atoms with Crippen molar-refractivity contribution in [1.82, 2.24) is 0 Å². The normalized spacial score (nSPS) is 12.3. The molecule has 0 aliphatic heterocycles. The van der Waals surface area contributed by atoms with Gasteiger partial charge < -0.3 is 22.8 Å². The summed E-state index contributed by atoms with van der Waals surface area (Å²) in [6.45, 7) is 0. The van der Waals surface area contributed by atoms with Gasteiger partial charge in [0.1, 0.15) is 23.0 Å². The van der Waals surface area contributed by atoms with Crippen molar-refractivity contribution in [3.8, 4) is 0 Å². The summed E-state index contributed by atoms with van der Waals surface area (Å²) in [6, 6.07) is 14.6. The third-order valence-corrected chi connectivity index (χ3v) is 5.17. The van der Waals surface area contributed by atoms with Crippen LogP contribution in [0.25, 0.3) is 0 Å². The lowest BCUT2D eigenvalue weighted by atomic mass is 9.69. The van der Waals surface area contributed by atoms with Crippen molar-refractivity contribution in [2.24, 2.45) is 5.41 Å². The first-order valence-corrected chi connectivity index (χ1v) is 9.68. The number of carboxylic acid groups (broad SMARTS) is 1. The van der Waals surface area contributed by atoms with E-state index in [9.17, 15) is 9.90 Å². The van der Waals surface area contributed by atoms with Gasteiger partial charge in [-0.25, -0.2) is 4.79 Å². The molecule has 0 aliphatic carbocycles. The Morgan fingerprint density at radius 1 is 0.733 bits per heavy atom. The van der Waals surface area contributed by atoms with Crippen LogP contribution in [-0.4, -0.2) is 11.1 Å². The first-order chi connectivity index (χ1) is 14.6. The maximum atomic E-state index is 12.5. The minimum Gasteiger partial charge on any atom is -0.478 e. The third kappa shape index (κ3) is 4.49. The summed E-state index contributed by atoms with van der Waals surface area (Å²) in [6.07, 6.45) is 9.55. The molecule has 0 spiro atoms. The molecule has 0 saturated carbocycles. The molecule has 0 aromatic carbocycles. The Labute approximate surface area is 173 Å². The van der Waals surface area contributed by atoms with E-state index in [2.05, 4.69) is 0 Å². The van der Waals surface area contributed by atoms with Gasteiger partial charge in [-0.2, -0.15) is 0 Å². The molecule has 0 fully saturated rings. The van der Waals surface area contributed by atoms with Crippen LogP contribution in [-0.2, 0) is 30.5 Å². The van der Waals surface area contributed by atoms with Crippen LogP contribution >= 0.6 is 0 Å². The fourth-order valence-corrected chi connectivity index (χ4v) is 3.88. The molecular weight excluding hydrogens is 384 g/mol. The van der Waals surface area contributed by atoms with Gasteiger partial charge in [-0.3, -0.25) is 0 Å². The molecule has 1 N–H and O–H groups in total. The molecule has 154 valence electrons. The van der Waals surface area contributed by atoms with Gasteiger partial charge in [0.25, 0.3) is 0 Å². The van der Waals surface area contributed by atoms with E-state index in [4.69, 9.17) is 17.7 Å². The molecule has 4 aromatic heterocycles. The average molecular weight is 406 g/mol. The SMILES string of the molecule is O=C(O)C(=CCc1ccco1)C(Cc1ccco1)(Cc1ccco1)Cc1ccco1. The highest BCUT2D eigenvalue weighted by atomic mass is 16.4. The molecule has 0 atom stereocenters. The monoisotopic (exact) mass is 406 g/mol. The summed E-state index contributed by atoms with van der Waals surface area (Å²) in [7, 11) is 0. The van der Waals surface area contributed by atoms with Crippen molar-refractivity contribution >= 4 is 5.97 Å². The van der Waals surface area contributed by atoms with Crippen LogP contribution in [0.15, 0.2) is 103 Å². The van der Waals surface area contributed by atoms with Gasteiger partial charge >= 0.3 is 5.97 Å². The Hall–Kier alpha value is -3.67. The minimum atomic E-state index is -0.994. The zero-order valence-electron chi connectivity index (χ0n) is 16.3. The van der Waals surface area contributed by atoms with E-state index in [0.29, 0.717) is 48.7 Å². The second-order valence-electron chi connectivity index (χ2n) is 7.26. The summed E-state index contributed by atoms with van der Waals surface area (Å²) in [4.78, 5) is 12.5. The maximum absolute atomic E-state index is 12.5. The van der Waals surface area contributed by atoms with E-state index in [1.807, 2.05) is 24.3 Å². The van der Waals surface area contributed by atoms with Crippen LogP contribution in [0.4, 0.5) is 0 Å². The molecule has 0 bridgehead atoms. The highest BCUT2D eigenvalue weighted by molar-refractivity contribution is 5.88. The second-order valence-corrected chi connectivity index (χ2v) is 7.26. The Kier molecular flexibility index (Phi) is 5.75. The first-order valence-electron chi connectivity index (χ1n) is 9.68. The lowest BCUT2D eigenvalue weighted by molar-refractivity contribution is -0.134. The smallest absolute Gasteiger partial charge is 0.331 e. The van der Waals surface area contributed by atoms with Crippen LogP contribution in [0, 0.1) is 5.41 Å². The zero-order chi connectivity index (χ0) is 20.8. The molecule has 0 unspecified atom stereocenters. The van der Waals surface area contributed by atoms with Crippen molar-refractivity contribution in [2.45, 2.75) is 25.7 Å². The van der Waals surface area contributed by atoms with Crippen molar-refractivity contribution < 1.29 is 27.6 Å². The fourth-order valence-electron chi connectivity index (χ4n) is 3.88. The van der Waals surface area contributed by atoms with Gasteiger partial charge in [0.15, 0.2) is 0 Å². The van der Waals surface area contributed by atoms with E-state index in [1.54, 1.807) is 55.4 Å². The van der Waals surface area contributed by atoms with Crippen molar-refractivity contribution in [3.05, 3.63) is 108 Å². The number of hydrogen-bond acceptors (Lipinski definition) is 5. The fraction of sp³-hybridized carbons (Fsp3) is 0.208. The number of aliphatic carboxylic acids is 1. The van der Waals surface area contributed by atoms with Crippen molar-refractivity contribution in [1.29, 1.82) is 0 Å². The van der Waals surface area contributed by atoms with Gasteiger partial charge in [0.05, 0.1) is 25.1 Å².